The van der Waals surface area contributed by atoms with Crippen LogP contribution in [0.4, 0.5) is 0 Å². The normalized spacial score (nSPS) is 19.1. The Morgan fingerprint density at radius 3 is 2.26 bits per heavy atom. The van der Waals surface area contributed by atoms with Crippen LogP contribution in [0.15, 0.2) is 29.6 Å². The van der Waals surface area contributed by atoms with E-state index in [4.69, 9.17) is 18.9 Å². The summed E-state index contributed by atoms with van der Waals surface area (Å²) < 4.78 is 22.1. The first-order chi connectivity index (χ1) is 16.5. The Morgan fingerprint density at radius 1 is 0.971 bits per heavy atom. The van der Waals surface area contributed by atoms with Crippen LogP contribution in [-0.2, 0) is 4.74 Å². The minimum atomic E-state index is -0.0689. The zero-order chi connectivity index (χ0) is 24.1. The number of rotatable bonds is 7. The van der Waals surface area contributed by atoms with Crippen molar-refractivity contribution in [3.8, 4) is 17.2 Å². The molecule has 0 radical (unpaired) electrons. The summed E-state index contributed by atoms with van der Waals surface area (Å²) in [5.74, 6) is 1.38. The van der Waals surface area contributed by atoms with Gasteiger partial charge in [0, 0.05) is 51.4 Å². The van der Waals surface area contributed by atoms with Crippen LogP contribution in [0.1, 0.15) is 20.0 Å². The Hall–Kier alpha value is -2.82. The van der Waals surface area contributed by atoms with Crippen LogP contribution < -0.4 is 14.2 Å². The fourth-order valence-electron chi connectivity index (χ4n) is 4.38. The number of hydrogen-bond donors (Lipinski definition) is 0. The van der Waals surface area contributed by atoms with Crippen LogP contribution in [0.2, 0.25) is 0 Å². The van der Waals surface area contributed by atoms with Crippen molar-refractivity contribution in [1.29, 1.82) is 0 Å². The molecule has 2 aromatic rings. The van der Waals surface area contributed by atoms with E-state index in [-0.39, 0.29) is 17.9 Å². The molecule has 0 spiro atoms. The summed E-state index contributed by atoms with van der Waals surface area (Å²) in [5.41, 5.74) is 0.501. The van der Waals surface area contributed by atoms with Gasteiger partial charge in [-0.2, -0.15) is 0 Å². The fourth-order valence-corrected chi connectivity index (χ4v) is 5.07. The second kappa shape index (κ2) is 11.1. The molecule has 0 bridgehead atoms. The van der Waals surface area contributed by atoms with Crippen molar-refractivity contribution in [3.63, 3.8) is 0 Å². The Morgan fingerprint density at radius 2 is 1.68 bits per heavy atom. The Kier molecular flexibility index (Phi) is 7.91. The largest absolute Gasteiger partial charge is 0.493 e. The number of benzene rings is 1. The van der Waals surface area contributed by atoms with Crippen LogP contribution in [0, 0.1) is 0 Å². The van der Waals surface area contributed by atoms with Gasteiger partial charge in [0.2, 0.25) is 5.75 Å². The zero-order valence-corrected chi connectivity index (χ0v) is 20.6. The van der Waals surface area contributed by atoms with Gasteiger partial charge in [-0.05, 0) is 23.6 Å². The minimum Gasteiger partial charge on any atom is -0.493 e. The Labute approximate surface area is 203 Å². The van der Waals surface area contributed by atoms with E-state index >= 15 is 0 Å². The molecular formula is C24H31N3O6S. The Bertz CT molecular complexity index is 966. The molecule has 184 valence electrons. The number of morpholine rings is 1. The lowest BCUT2D eigenvalue weighted by Crippen LogP contribution is -2.54. The highest BCUT2D eigenvalue weighted by Gasteiger charge is 2.29. The van der Waals surface area contributed by atoms with Gasteiger partial charge < -0.3 is 28.7 Å². The van der Waals surface area contributed by atoms with Crippen LogP contribution in [0.25, 0.3) is 0 Å². The summed E-state index contributed by atoms with van der Waals surface area (Å²) in [7, 11) is 4.61. The highest BCUT2D eigenvalue weighted by Crippen LogP contribution is 2.38. The monoisotopic (exact) mass is 489 g/mol. The summed E-state index contributed by atoms with van der Waals surface area (Å²) >= 11 is 1.47. The van der Waals surface area contributed by atoms with E-state index in [2.05, 4.69) is 4.90 Å². The minimum absolute atomic E-state index is 0.0324. The molecular weight excluding hydrogens is 458 g/mol. The van der Waals surface area contributed by atoms with Crippen molar-refractivity contribution >= 4 is 23.2 Å². The third-order valence-electron chi connectivity index (χ3n) is 6.19. The lowest BCUT2D eigenvalue weighted by Gasteiger charge is -2.39. The quantitative estimate of drug-likeness (QED) is 0.589. The lowest BCUT2D eigenvalue weighted by molar-refractivity contribution is -0.0398. The molecule has 1 atom stereocenters. The molecule has 1 aromatic heterocycles. The van der Waals surface area contributed by atoms with Crippen molar-refractivity contribution in [3.05, 3.63) is 40.1 Å². The fraction of sp³-hybridized carbons (Fsp3) is 0.500. The first-order valence-corrected chi connectivity index (χ1v) is 12.2. The second-order valence-corrected chi connectivity index (χ2v) is 9.18. The van der Waals surface area contributed by atoms with E-state index in [1.807, 2.05) is 27.3 Å². The average molecular weight is 490 g/mol. The van der Waals surface area contributed by atoms with Gasteiger partial charge in [0.05, 0.1) is 38.9 Å². The van der Waals surface area contributed by atoms with E-state index in [9.17, 15) is 9.59 Å². The van der Waals surface area contributed by atoms with E-state index in [1.54, 1.807) is 12.1 Å². The second-order valence-electron chi connectivity index (χ2n) is 8.23. The van der Waals surface area contributed by atoms with Crippen LogP contribution >= 0.6 is 11.3 Å². The number of hydrogen-bond acceptors (Lipinski definition) is 8. The van der Waals surface area contributed by atoms with Crippen molar-refractivity contribution in [2.45, 2.75) is 6.10 Å². The predicted molar refractivity (Wildman–Crippen MR) is 128 cm³/mol. The molecule has 0 saturated carbocycles. The number of amides is 2. The molecule has 2 aliphatic rings. The third kappa shape index (κ3) is 5.29. The topological polar surface area (TPSA) is 80.8 Å². The maximum absolute atomic E-state index is 13.2. The van der Waals surface area contributed by atoms with Crippen LogP contribution in [-0.4, -0.2) is 106 Å². The number of carbonyl (C=O) groups is 2. The van der Waals surface area contributed by atoms with Crippen molar-refractivity contribution in [2.24, 2.45) is 0 Å². The van der Waals surface area contributed by atoms with E-state index < -0.39 is 0 Å². The molecule has 9 nitrogen and oxygen atoms in total. The van der Waals surface area contributed by atoms with Gasteiger partial charge in [-0.3, -0.25) is 14.5 Å². The number of thiophene rings is 1. The molecule has 0 N–H and O–H groups in total. The summed E-state index contributed by atoms with van der Waals surface area (Å²) in [6.07, 6.45) is -0.0324. The van der Waals surface area contributed by atoms with E-state index in [0.717, 1.165) is 24.5 Å². The highest BCUT2D eigenvalue weighted by atomic mass is 32.1. The highest BCUT2D eigenvalue weighted by molar-refractivity contribution is 7.12. The number of carbonyl (C=O) groups excluding carboxylic acids is 2. The molecule has 0 aliphatic carbocycles. The van der Waals surface area contributed by atoms with Gasteiger partial charge in [-0.25, -0.2) is 0 Å². The maximum Gasteiger partial charge on any atom is 0.264 e. The van der Waals surface area contributed by atoms with E-state index in [0.29, 0.717) is 55.6 Å². The third-order valence-corrected chi connectivity index (χ3v) is 7.05. The number of ether oxygens (including phenoxy) is 4. The molecule has 2 aliphatic heterocycles. The zero-order valence-electron chi connectivity index (χ0n) is 19.8. The lowest BCUT2D eigenvalue weighted by atomic mass is 10.1. The number of nitrogens with zero attached hydrogens (tertiary/aromatic N) is 3. The van der Waals surface area contributed by atoms with Crippen molar-refractivity contribution < 1.29 is 28.5 Å². The molecule has 2 fully saturated rings. The van der Waals surface area contributed by atoms with Gasteiger partial charge in [0.1, 0.15) is 0 Å². The molecule has 4 rings (SSSR count). The summed E-state index contributed by atoms with van der Waals surface area (Å²) in [4.78, 5) is 32.6. The van der Waals surface area contributed by atoms with E-state index in [1.165, 1.54) is 32.7 Å². The molecule has 2 saturated heterocycles. The molecule has 1 aromatic carbocycles. The summed E-state index contributed by atoms with van der Waals surface area (Å²) in [6.45, 7) is 5.19. The summed E-state index contributed by atoms with van der Waals surface area (Å²) in [6, 6.07) is 7.13. The van der Waals surface area contributed by atoms with Crippen molar-refractivity contribution in [2.75, 3.05) is 73.7 Å². The molecule has 34 heavy (non-hydrogen) atoms. The van der Waals surface area contributed by atoms with Crippen molar-refractivity contribution in [1.82, 2.24) is 14.7 Å². The number of piperazine rings is 1. The van der Waals surface area contributed by atoms with Gasteiger partial charge in [0.15, 0.2) is 11.5 Å². The molecule has 2 amide bonds. The van der Waals surface area contributed by atoms with Crippen LogP contribution in [0.5, 0.6) is 17.2 Å². The number of methoxy groups -OCH3 is 3. The van der Waals surface area contributed by atoms with Gasteiger partial charge in [-0.1, -0.05) is 6.07 Å². The first kappa shape index (κ1) is 24.3. The average Bonchev–Trinajstić information content (AvgIpc) is 3.42. The molecule has 0 unspecified atom stereocenters. The van der Waals surface area contributed by atoms with Crippen LogP contribution in [0.3, 0.4) is 0 Å². The summed E-state index contributed by atoms with van der Waals surface area (Å²) in [5, 5.41) is 1.92. The SMILES string of the molecule is COc1cc(C(=O)N2CCN(C[C@@H]3CN(C(=O)c4cccs4)CCO3)CC2)cc(OC)c1OC. The molecule has 3 heterocycles. The maximum atomic E-state index is 13.2. The Balaban J connectivity index is 1.32. The first-order valence-electron chi connectivity index (χ1n) is 11.3. The molecule has 10 heteroatoms. The van der Waals surface area contributed by atoms with Gasteiger partial charge >= 0.3 is 0 Å². The smallest absolute Gasteiger partial charge is 0.264 e. The predicted octanol–water partition coefficient (Wildman–Crippen LogP) is 2.07. The standard InChI is InChI=1S/C24H31N3O6S/c1-30-19-13-17(14-20(31-2)22(19)32-3)23(28)26-8-6-25(7-9-26)15-18-16-27(10-11-33-18)24(29)21-5-4-12-34-21/h4-5,12-14,18H,6-11,15-16H2,1-3H3/t18-/m1/s1. The van der Waals surface area contributed by atoms with Gasteiger partial charge in [0.25, 0.3) is 11.8 Å². The van der Waals surface area contributed by atoms with Gasteiger partial charge in [-0.15, -0.1) is 11.3 Å².